The molecule has 76 valence electrons. The standard InChI is InChI=1S/C9H14N4O/c1-6-10-8(12-11-6)9(2)7(14)4-5-13(9)3/h4-5H2,1-3H3,(H,10,11,12). The quantitative estimate of drug-likeness (QED) is 0.695. The summed E-state index contributed by atoms with van der Waals surface area (Å²) in [6.45, 7) is 4.49. The van der Waals surface area contributed by atoms with Gasteiger partial charge < -0.3 is 0 Å². The average molecular weight is 194 g/mol. The van der Waals surface area contributed by atoms with E-state index in [1.165, 1.54) is 0 Å². The molecule has 1 unspecified atom stereocenters. The molecule has 0 amide bonds. The lowest BCUT2D eigenvalue weighted by Gasteiger charge is -2.26. The van der Waals surface area contributed by atoms with Crippen molar-refractivity contribution in [1.82, 2.24) is 20.1 Å². The predicted molar refractivity (Wildman–Crippen MR) is 50.7 cm³/mol. The third-order valence-corrected chi connectivity index (χ3v) is 3.01. The number of aromatic nitrogens is 3. The Hall–Kier alpha value is -1.23. The van der Waals surface area contributed by atoms with Crippen LogP contribution in [0.1, 0.15) is 25.0 Å². The fraction of sp³-hybridized carbons (Fsp3) is 0.667. The molecule has 0 saturated carbocycles. The summed E-state index contributed by atoms with van der Waals surface area (Å²) >= 11 is 0. The van der Waals surface area contributed by atoms with E-state index in [0.717, 1.165) is 12.4 Å². The van der Waals surface area contributed by atoms with Gasteiger partial charge in [-0.25, -0.2) is 4.98 Å². The first-order valence-corrected chi connectivity index (χ1v) is 4.69. The first-order valence-electron chi connectivity index (χ1n) is 4.69. The van der Waals surface area contributed by atoms with Crippen molar-refractivity contribution in [3.05, 3.63) is 11.6 Å². The maximum Gasteiger partial charge on any atom is 0.178 e. The third-order valence-electron chi connectivity index (χ3n) is 3.01. The van der Waals surface area contributed by atoms with E-state index in [2.05, 4.69) is 15.2 Å². The van der Waals surface area contributed by atoms with Gasteiger partial charge in [0.15, 0.2) is 11.6 Å². The molecule has 5 nitrogen and oxygen atoms in total. The molecular formula is C9H14N4O. The number of likely N-dealkylation sites (N-methyl/N-ethyl adjacent to an activating group) is 1. The summed E-state index contributed by atoms with van der Waals surface area (Å²) in [6, 6.07) is 0. The number of likely N-dealkylation sites (tertiary alicyclic amines) is 1. The second-order valence-corrected chi connectivity index (χ2v) is 3.91. The number of aromatic amines is 1. The summed E-state index contributed by atoms with van der Waals surface area (Å²) in [5, 5.41) is 6.84. The van der Waals surface area contributed by atoms with Crippen LogP contribution in [0.2, 0.25) is 0 Å². The van der Waals surface area contributed by atoms with Gasteiger partial charge in [0.25, 0.3) is 0 Å². The Kier molecular flexibility index (Phi) is 1.92. The van der Waals surface area contributed by atoms with Gasteiger partial charge in [-0.2, -0.15) is 5.10 Å². The topological polar surface area (TPSA) is 61.9 Å². The molecule has 1 fully saturated rings. The molecule has 5 heteroatoms. The second-order valence-electron chi connectivity index (χ2n) is 3.91. The maximum absolute atomic E-state index is 11.8. The largest absolute Gasteiger partial charge is 0.297 e. The van der Waals surface area contributed by atoms with Gasteiger partial charge >= 0.3 is 0 Å². The normalized spacial score (nSPS) is 28.6. The number of carbonyl (C=O) groups is 1. The average Bonchev–Trinajstić information content (AvgIpc) is 2.67. The Morgan fingerprint density at radius 1 is 1.57 bits per heavy atom. The molecule has 1 atom stereocenters. The highest BCUT2D eigenvalue weighted by molar-refractivity contribution is 5.90. The monoisotopic (exact) mass is 194 g/mol. The van der Waals surface area contributed by atoms with Crippen LogP contribution >= 0.6 is 0 Å². The highest BCUT2D eigenvalue weighted by Gasteiger charge is 2.46. The molecule has 0 spiro atoms. The van der Waals surface area contributed by atoms with Crippen LogP contribution in [0.5, 0.6) is 0 Å². The number of carbonyl (C=O) groups excluding carboxylic acids is 1. The van der Waals surface area contributed by atoms with E-state index in [4.69, 9.17) is 0 Å². The molecule has 14 heavy (non-hydrogen) atoms. The maximum atomic E-state index is 11.8. The van der Waals surface area contributed by atoms with Crippen molar-refractivity contribution in [2.24, 2.45) is 0 Å². The van der Waals surface area contributed by atoms with Crippen molar-refractivity contribution in [1.29, 1.82) is 0 Å². The summed E-state index contributed by atoms with van der Waals surface area (Å²) in [6.07, 6.45) is 0.584. The van der Waals surface area contributed by atoms with Gasteiger partial charge in [0, 0.05) is 13.0 Å². The minimum atomic E-state index is -0.634. The van der Waals surface area contributed by atoms with E-state index >= 15 is 0 Å². The number of nitrogens with one attached hydrogen (secondary N) is 1. The van der Waals surface area contributed by atoms with E-state index < -0.39 is 5.54 Å². The molecule has 1 saturated heterocycles. The van der Waals surface area contributed by atoms with Crippen LogP contribution < -0.4 is 0 Å². The number of nitrogens with zero attached hydrogens (tertiary/aromatic N) is 3. The molecule has 0 aliphatic carbocycles. The Morgan fingerprint density at radius 3 is 2.71 bits per heavy atom. The third kappa shape index (κ3) is 1.09. The van der Waals surface area contributed by atoms with Crippen molar-refractivity contribution >= 4 is 5.78 Å². The van der Waals surface area contributed by atoms with Crippen LogP contribution in [0, 0.1) is 6.92 Å². The van der Waals surface area contributed by atoms with E-state index in [1.807, 2.05) is 25.8 Å². The minimum Gasteiger partial charge on any atom is -0.297 e. The van der Waals surface area contributed by atoms with E-state index in [9.17, 15) is 4.79 Å². The Morgan fingerprint density at radius 2 is 2.29 bits per heavy atom. The lowest BCUT2D eigenvalue weighted by molar-refractivity contribution is -0.124. The van der Waals surface area contributed by atoms with E-state index in [0.29, 0.717) is 12.2 Å². The zero-order valence-corrected chi connectivity index (χ0v) is 8.66. The van der Waals surface area contributed by atoms with Crippen molar-refractivity contribution in [2.75, 3.05) is 13.6 Å². The SMILES string of the molecule is Cc1nc(C2(C)C(=O)CCN2C)n[nH]1. The smallest absolute Gasteiger partial charge is 0.178 e. The van der Waals surface area contributed by atoms with Crippen molar-refractivity contribution in [3.8, 4) is 0 Å². The fourth-order valence-corrected chi connectivity index (χ4v) is 1.80. The fourth-order valence-electron chi connectivity index (χ4n) is 1.80. The highest BCUT2D eigenvalue weighted by atomic mass is 16.1. The number of hydrogen-bond donors (Lipinski definition) is 1. The van der Waals surface area contributed by atoms with Crippen LogP contribution in [-0.2, 0) is 10.3 Å². The number of H-pyrrole nitrogens is 1. The molecule has 2 rings (SSSR count). The van der Waals surface area contributed by atoms with Gasteiger partial charge in [0.2, 0.25) is 0 Å². The molecule has 1 aliphatic heterocycles. The zero-order valence-electron chi connectivity index (χ0n) is 8.66. The van der Waals surface area contributed by atoms with Crippen LogP contribution in [0.25, 0.3) is 0 Å². The van der Waals surface area contributed by atoms with Gasteiger partial charge in [-0.3, -0.25) is 14.8 Å². The molecule has 0 radical (unpaired) electrons. The van der Waals surface area contributed by atoms with E-state index in [-0.39, 0.29) is 5.78 Å². The van der Waals surface area contributed by atoms with Gasteiger partial charge in [-0.1, -0.05) is 0 Å². The molecular weight excluding hydrogens is 180 g/mol. The van der Waals surface area contributed by atoms with Gasteiger partial charge in [-0.05, 0) is 20.9 Å². The molecule has 0 aromatic carbocycles. The molecule has 1 aromatic heterocycles. The van der Waals surface area contributed by atoms with Crippen LogP contribution in [0.4, 0.5) is 0 Å². The molecule has 1 N–H and O–H groups in total. The summed E-state index contributed by atoms with van der Waals surface area (Å²) < 4.78 is 0. The number of rotatable bonds is 1. The second kappa shape index (κ2) is 2.88. The first kappa shape index (κ1) is 9.33. The lowest BCUT2D eigenvalue weighted by Crippen LogP contribution is -2.41. The summed E-state index contributed by atoms with van der Waals surface area (Å²) in [7, 11) is 1.93. The predicted octanol–water partition coefficient (Wildman–Crippen LogP) is 0.233. The highest BCUT2D eigenvalue weighted by Crippen LogP contribution is 2.31. The van der Waals surface area contributed by atoms with Crippen molar-refractivity contribution in [2.45, 2.75) is 25.8 Å². The summed E-state index contributed by atoms with van der Waals surface area (Å²) in [4.78, 5) is 18.0. The molecule has 1 aromatic rings. The lowest BCUT2D eigenvalue weighted by atomic mass is 9.97. The number of ketones is 1. The van der Waals surface area contributed by atoms with E-state index in [1.54, 1.807) is 0 Å². The summed E-state index contributed by atoms with van der Waals surface area (Å²) in [5.41, 5.74) is -0.634. The van der Waals surface area contributed by atoms with Gasteiger partial charge in [0.1, 0.15) is 11.4 Å². The minimum absolute atomic E-state index is 0.194. The Labute approximate surface area is 82.5 Å². The molecule has 1 aliphatic rings. The Balaban J connectivity index is 2.44. The van der Waals surface area contributed by atoms with Crippen LogP contribution in [0.15, 0.2) is 0 Å². The molecule has 2 heterocycles. The number of Topliss-reactive ketones (excluding diaryl/α,β-unsaturated/α-hetero) is 1. The number of aryl methyl sites for hydroxylation is 1. The van der Waals surface area contributed by atoms with Crippen LogP contribution in [0.3, 0.4) is 0 Å². The summed E-state index contributed by atoms with van der Waals surface area (Å²) in [5.74, 6) is 1.52. The number of hydrogen-bond acceptors (Lipinski definition) is 4. The van der Waals surface area contributed by atoms with Gasteiger partial charge in [-0.15, -0.1) is 0 Å². The Bertz CT molecular complexity index is 373. The van der Waals surface area contributed by atoms with Crippen molar-refractivity contribution < 1.29 is 4.79 Å². The van der Waals surface area contributed by atoms with Gasteiger partial charge in [0.05, 0.1) is 0 Å². The zero-order chi connectivity index (χ0) is 10.3. The van der Waals surface area contributed by atoms with Crippen LogP contribution in [-0.4, -0.2) is 39.5 Å². The first-order chi connectivity index (χ1) is 6.55. The van der Waals surface area contributed by atoms with Crippen molar-refractivity contribution in [3.63, 3.8) is 0 Å². The molecule has 0 bridgehead atoms.